The fourth-order valence-corrected chi connectivity index (χ4v) is 2.39. The molecule has 0 bridgehead atoms. The summed E-state index contributed by atoms with van der Waals surface area (Å²) in [6.45, 7) is 10.1. The van der Waals surface area contributed by atoms with E-state index in [0.29, 0.717) is 6.04 Å². The summed E-state index contributed by atoms with van der Waals surface area (Å²) in [6, 6.07) is 9.49. The van der Waals surface area contributed by atoms with Crippen molar-refractivity contribution >= 4 is 5.69 Å². The van der Waals surface area contributed by atoms with E-state index < -0.39 is 0 Å². The molecule has 1 atom stereocenters. The van der Waals surface area contributed by atoms with Crippen molar-refractivity contribution in [3.8, 4) is 0 Å². The molecule has 1 unspecified atom stereocenters. The first-order chi connectivity index (χ1) is 8.15. The molecular weight excluding hydrogens is 208 g/mol. The highest BCUT2D eigenvalue weighted by Crippen LogP contribution is 2.23. The molecule has 2 nitrogen and oxygen atoms in total. The van der Waals surface area contributed by atoms with Gasteiger partial charge in [0.15, 0.2) is 0 Å². The Morgan fingerprint density at radius 2 is 2.00 bits per heavy atom. The SMILES string of the molecule is Cc1ccc(N2CCC(CNC(C)C)C2)cc1. The molecule has 0 radical (unpaired) electrons. The Hall–Kier alpha value is -1.02. The normalized spacial score (nSPS) is 20.2. The van der Waals surface area contributed by atoms with Crippen molar-refractivity contribution in [2.45, 2.75) is 33.2 Å². The molecule has 1 aromatic carbocycles. The van der Waals surface area contributed by atoms with Crippen LogP contribution in [0.5, 0.6) is 0 Å². The van der Waals surface area contributed by atoms with Crippen molar-refractivity contribution in [3.05, 3.63) is 29.8 Å². The molecule has 2 heteroatoms. The van der Waals surface area contributed by atoms with Gasteiger partial charge in [0.25, 0.3) is 0 Å². The van der Waals surface area contributed by atoms with Gasteiger partial charge in [-0.25, -0.2) is 0 Å². The average molecular weight is 232 g/mol. The number of hydrogen-bond acceptors (Lipinski definition) is 2. The summed E-state index contributed by atoms with van der Waals surface area (Å²) in [5, 5.41) is 3.54. The third-order valence-electron chi connectivity index (χ3n) is 3.50. The minimum Gasteiger partial charge on any atom is -0.371 e. The van der Waals surface area contributed by atoms with Gasteiger partial charge in [-0.2, -0.15) is 0 Å². The van der Waals surface area contributed by atoms with Crippen LogP contribution in [0.2, 0.25) is 0 Å². The van der Waals surface area contributed by atoms with Gasteiger partial charge in [-0.15, -0.1) is 0 Å². The molecule has 0 saturated carbocycles. The largest absolute Gasteiger partial charge is 0.371 e. The monoisotopic (exact) mass is 232 g/mol. The van der Waals surface area contributed by atoms with Gasteiger partial charge in [-0.3, -0.25) is 0 Å². The first kappa shape index (κ1) is 12.4. The summed E-state index contributed by atoms with van der Waals surface area (Å²) in [7, 11) is 0. The van der Waals surface area contributed by atoms with Crippen LogP contribution < -0.4 is 10.2 Å². The van der Waals surface area contributed by atoms with E-state index in [1.54, 1.807) is 0 Å². The summed E-state index contributed by atoms with van der Waals surface area (Å²) >= 11 is 0. The van der Waals surface area contributed by atoms with Crippen molar-refractivity contribution in [2.75, 3.05) is 24.5 Å². The Labute approximate surface area is 105 Å². The molecule has 94 valence electrons. The zero-order chi connectivity index (χ0) is 12.3. The van der Waals surface area contributed by atoms with Gasteiger partial charge in [-0.1, -0.05) is 31.5 Å². The third kappa shape index (κ3) is 3.47. The maximum Gasteiger partial charge on any atom is 0.0366 e. The lowest BCUT2D eigenvalue weighted by molar-refractivity contribution is 0.480. The topological polar surface area (TPSA) is 15.3 Å². The fraction of sp³-hybridized carbons (Fsp3) is 0.600. The molecule has 1 aliphatic rings. The number of anilines is 1. The highest BCUT2D eigenvalue weighted by molar-refractivity contribution is 5.48. The number of nitrogens with one attached hydrogen (secondary N) is 1. The fourth-order valence-electron chi connectivity index (χ4n) is 2.39. The van der Waals surface area contributed by atoms with E-state index in [1.165, 1.54) is 30.8 Å². The molecule has 1 fully saturated rings. The summed E-state index contributed by atoms with van der Waals surface area (Å²) in [5.74, 6) is 0.804. The predicted molar refractivity (Wildman–Crippen MR) is 74.6 cm³/mol. The first-order valence-electron chi connectivity index (χ1n) is 6.70. The zero-order valence-corrected chi connectivity index (χ0v) is 11.2. The Morgan fingerprint density at radius 3 is 2.65 bits per heavy atom. The van der Waals surface area contributed by atoms with E-state index >= 15 is 0 Å². The van der Waals surface area contributed by atoms with Crippen molar-refractivity contribution < 1.29 is 0 Å². The van der Waals surface area contributed by atoms with Gasteiger partial charge in [-0.05, 0) is 37.9 Å². The Morgan fingerprint density at radius 1 is 1.29 bits per heavy atom. The highest BCUT2D eigenvalue weighted by atomic mass is 15.2. The Bertz CT molecular complexity index is 342. The molecule has 0 spiro atoms. The van der Waals surface area contributed by atoms with Crippen LogP contribution in [-0.2, 0) is 0 Å². The molecule has 1 aromatic rings. The van der Waals surface area contributed by atoms with Crippen LogP contribution >= 0.6 is 0 Å². The molecule has 2 rings (SSSR count). The van der Waals surface area contributed by atoms with Crippen LogP contribution in [0.4, 0.5) is 5.69 Å². The number of nitrogens with zero attached hydrogens (tertiary/aromatic N) is 1. The zero-order valence-electron chi connectivity index (χ0n) is 11.2. The molecular formula is C15H24N2. The number of rotatable bonds is 4. The highest BCUT2D eigenvalue weighted by Gasteiger charge is 2.22. The first-order valence-corrected chi connectivity index (χ1v) is 6.70. The Kier molecular flexibility index (Phi) is 4.06. The number of hydrogen-bond donors (Lipinski definition) is 1. The van der Waals surface area contributed by atoms with E-state index in [-0.39, 0.29) is 0 Å². The smallest absolute Gasteiger partial charge is 0.0366 e. The summed E-state index contributed by atoms with van der Waals surface area (Å²) in [5.41, 5.74) is 2.72. The second-order valence-electron chi connectivity index (χ2n) is 5.50. The van der Waals surface area contributed by atoms with Gasteiger partial charge in [0.2, 0.25) is 0 Å². The molecule has 1 aliphatic heterocycles. The average Bonchev–Trinajstić information content (AvgIpc) is 2.76. The lowest BCUT2D eigenvalue weighted by atomic mass is 10.1. The van der Waals surface area contributed by atoms with Gasteiger partial charge in [0, 0.05) is 24.8 Å². The molecule has 0 aromatic heterocycles. The van der Waals surface area contributed by atoms with Crippen LogP contribution in [0.15, 0.2) is 24.3 Å². The third-order valence-corrected chi connectivity index (χ3v) is 3.50. The minimum absolute atomic E-state index is 0.600. The molecule has 0 aliphatic carbocycles. The number of aryl methyl sites for hydroxylation is 1. The van der Waals surface area contributed by atoms with E-state index in [2.05, 4.69) is 55.3 Å². The van der Waals surface area contributed by atoms with Crippen molar-refractivity contribution in [2.24, 2.45) is 5.92 Å². The minimum atomic E-state index is 0.600. The van der Waals surface area contributed by atoms with Crippen LogP contribution in [0.3, 0.4) is 0 Å². The van der Waals surface area contributed by atoms with Crippen molar-refractivity contribution in [1.29, 1.82) is 0 Å². The number of benzene rings is 1. The maximum absolute atomic E-state index is 3.54. The summed E-state index contributed by atoms with van der Waals surface area (Å²) < 4.78 is 0. The van der Waals surface area contributed by atoms with Crippen LogP contribution in [0.1, 0.15) is 25.8 Å². The van der Waals surface area contributed by atoms with Gasteiger partial charge in [0.05, 0.1) is 0 Å². The quantitative estimate of drug-likeness (QED) is 0.858. The van der Waals surface area contributed by atoms with E-state index in [4.69, 9.17) is 0 Å². The van der Waals surface area contributed by atoms with Crippen LogP contribution in [0, 0.1) is 12.8 Å². The molecule has 0 amide bonds. The Balaban J connectivity index is 1.87. The second-order valence-corrected chi connectivity index (χ2v) is 5.50. The van der Waals surface area contributed by atoms with Crippen molar-refractivity contribution in [3.63, 3.8) is 0 Å². The summed E-state index contributed by atoms with van der Waals surface area (Å²) in [6.07, 6.45) is 1.31. The summed E-state index contributed by atoms with van der Waals surface area (Å²) in [4.78, 5) is 2.51. The predicted octanol–water partition coefficient (Wildman–Crippen LogP) is 2.82. The van der Waals surface area contributed by atoms with Gasteiger partial charge >= 0.3 is 0 Å². The van der Waals surface area contributed by atoms with E-state index in [0.717, 1.165) is 12.5 Å². The van der Waals surface area contributed by atoms with E-state index in [9.17, 15) is 0 Å². The lowest BCUT2D eigenvalue weighted by Gasteiger charge is -2.19. The lowest BCUT2D eigenvalue weighted by Crippen LogP contribution is -2.30. The second kappa shape index (κ2) is 5.54. The molecule has 1 saturated heterocycles. The van der Waals surface area contributed by atoms with Gasteiger partial charge < -0.3 is 10.2 Å². The standard InChI is InChI=1S/C15H24N2/c1-12(2)16-10-14-8-9-17(11-14)15-6-4-13(3)5-7-15/h4-7,12,14,16H,8-11H2,1-3H3. The van der Waals surface area contributed by atoms with Gasteiger partial charge in [0.1, 0.15) is 0 Å². The van der Waals surface area contributed by atoms with Crippen LogP contribution in [0.25, 0.3) is 0 Å². The van der Waals surface area contributed by atoms with Crippen molar-refractivity contribution in [1.82, 2.24) is 5.32 Å². The maximum atomic E-state index is 3.54. The molecule has 17 heavy (non-hydrogen) atoms. The molecule has 1 N–H and O–H groups in total. The van der Waals surface area contributed by atoms with E-state index in [1.807, 2.05) is 0 Å². The molecule has 1 heterocycles. The van der Waals surface area contributed by atoms with Crippen LogP contribution in [-0.4, -0.2) is 25.7 Å².